The van der Waals surface area contributed by atoms with Gasteiger partial charge in [-0.1, -0.05) is 24.6 Å². The smallest absolute Gasteiger partial charge is 0.253 e. The highest BCUT2D eigenvalue weighted by Crippen LogP contribution is 2.27. The van der Waals surface area contributed by atoms with Crippen LogP contribution in [0.15, 0.2) is 36.5 Å². The van der Waals surface area contributed by atoms with Crippen LogP contribution in [0, 0.1) is 0 Å². The van der Waals surface area contributed by atoms with Crippen LogP contribution in [0.1, 0.15) is 53.2 Å². The van der Waals surface area contributed by atoms with Crippen LogP contribution in [0.3, 0.4) is 0 Å². The number of fused-ring (bicyclic) bond motifs is 1. The second-order valence-electron chi connectivity index (χ2n) is 8.57. The normalized spacial score (nSPS) is 18.1. The summed E-state index contributed by atoms with van der Waals surface area (Å²) in [6.45, 7) is 4.97. The molecule has 1 fully saturated rings. The number of hydrogen-bond donors (Lipinski definition) is 3. The monoisotopic (exact) mass is 408 g/mol. The number of amides is 1. The molecular formula is C24H32N4O2. The number of aliphatic hydroxyl groups excluding tert-OH is 1. The first-order valence-electron chi connectivity index (χ1n) is 11.1. The van der Waals surface area contributed by atoms with Gasteiger partial charge in [0.1, 0.15) is 5.82 Å². The summed E-state index contributed by atoms with van der Waals surface area (Å²) in [4.78, 5) is 19.4. The molecule has 30 heavy (non-hydrogen) atoms. The van der Waals surface area contributed by atoms with Crippen molar-refractivity contribution in [3.8, 4) is 0 Å². The van der Waals surface area contributed by atoms with Gasteiger partial charge in [-0.05, 0) is 61.4 Å². The molecule has 1 aliphatic carbocycles. The Kier molecular flexibility index (Phi) is 6.65. The summed E-state index contributed by atoms with van der Waals surface area (Å²) in [5.41, 5.74) is 4.56. The zero-order valence-corrected chi connectivity index (χ0v) is 17.7. The van der Waals surface area contributed by atoms with Crippen molar-refractivity contribution in [3.05, 3.63) is 58.8 Å². The van der Waals surface area contributed by atoms with Crippen LogP contribution in [0.4, 0.5) is 5.82 Å². The summed E-state index contributed by atoms with van der Waals surface area (Å²) in [6.07, 6.45) is 7.44. The second kappa shape index (κ2) is 9.58. The predicted octanol–water partition coefficient (Wildman–Crippen LogP) is 2.76. The number of aliphatic hydroxyl groups is 1. The lowest BCUT2D eigenvalue weighted by Crippen LogP contribution is -2.41. The largest absolute Gasteiger partial charge is 0.392 e. The van der Waals surface area contributed by atoms with E-state index in [1.54, 1.807) is 25.3 Å². The minimum atomic E-state index is -0.447. The summed E-state index contributed by atoms with van der Waals surface area (Å²) in [7, 11) is 0. The Morgan fingerprint density at radius 2 is 2.00 bits per heavy atom. The first-order valence-corrected chi connectivity index (χ1v) is 11.1. The molecule has 1 aliphatic heterocycles. The molecule has 1 saturated carbocycles. The Hall–Kier alpha value is -2.44. The lowest BCUT2D eigenvalue weighted by atomic mass is 9.91. The molecule has 6 nitrogen and oxygen atoms in total. The third-order valence-electron chi connectivity index (χ3n) is 6.26. The maximum atomic E-state index is 12.5. The van der Waals surface area contributed by atoms with Crippen molar-refractivity contribution < 1.29 is 9.90 Å². The molecule has 0 saturated heterocycles. The van der Waals surface area contributed by atoms with Crippen molar-refractivity contribution in [2.75, 3.05) is 25.0 Å². The quantitative estimate of drug-likeness (QED) is 0.657. The van der Waals surface area contributed by atoms with Crippen LogP contribution in [0.25, 0.3) is 0 Å². The summed E-state index contributed by atoms with van der Waals surface area (Å²) in [6, 6.07) is 11.0. The summed E-state index contributed by atoms with van der Waals surface area (Å²) in [5, 5.41) is 15.3. The van der Waals surface area contributed by atoms with Gasteiger partial charge in [-0.3, -0.25) is 9.69 Å². The second-order valence-corrected chi connectivity index (χ2v) is 8.57. The predicted molar refractivity (Wildman–Crippen MR) is 119 cm³/mol. The molecular weight excluding hydrogens is 376 g/mol. The Labute approximate surface area is 178 Å². The third-order valence-corrected chi connectivity index (χ3v) is 6.26. The molecule has 0 unspecified atom stereocenters. The molecule has 1 aromatic carbocycles. The molecule has 1 atom stereocenters. The number of carbonyl (C=O) groups excluding carboxylic acids is 1. The Balaban J connectivity index is 1.31. The maximum Gasteiger partial charge on any atom is 0.253 e. The molecule has 3 N–H and O–H groups in total. The van der Waals surface area contributed by atoms with E-state index in [1.165, 1.54) is 36.9 Å². The molecule has 0 bridgehead atoms. The van der Waals surface area contributed by atoms with E-state index in [-0.39, 0.29) is 5.91 Å². The molecule has 4 rings (SSSR count). The van der Waals surface area contributed by atoms with Gasteiger partial charge in [0.25, 0.3) is 5.91 Å². The number of aromatic nitrogens is 1. The van der Waals surface area contributed by atoms with Gasteiger partial charge < -0.3 is 15.7 Å². The molecule has 6 heteroatoms. The fraction of sp³-hybridized carbons (Fsp3) is 0.500. The van der Waals surface area contributed by atoms with Crippen molar-refractivity contribution in [3.63, 3.8) is 0 Å². The van der Waals surface area contributed by atoms with Crippen LogP contribution in [0.5, 0.6) is 0 Å². The highest BCUT2D eigenvalue weighted by atomic mass is 16.3. The van der Waals surface area contributed by atoms with E-state index in [1.807, 2.05) is 0 Å². The minimum absolute atomic E-state index is 0.129. The lowest BCUT2D eigenvalue weighted by Gasteiger charge is -2.36. The van der Waals surface area contributed by atoms with Crippen molar-refractivity contribution in [2.45, 2.75) is 57.7 Å². The van der Waals surface area contributed by atoms with E-state index < -0.39 is 6.10 Å². The van der Waals surface area contributed by atoms with Gasteiger partial charge in [-0.2, -0.15) is 0 Å². The van der Waals surface area contributed by atoms with Crippen LogP contribution >= 0.6 is 0 Å². The van der Waals surface area contributed by atoms with Crippen molar-refractivity contribution in [1.82, 2.24) is 15.2 Å². The molecule has 160 valence electrons. The average Bonchev–Trinajstić information content (AvgIpc) is 2.92. The van der Waals surface area contributed by atoms with Crippen molar-refractivity contribution in [2.24, 2.45) is 0 Å². The number of hydrogen-bond acceptors (Lipinski definition) is 5. The molecule has 0 spiro atoms. The van der Waals surface area contributed by atoms with Gasteiger partial charge in [0.05, 0.1) is 11.7 Å². The minimum Gasteiger partial charge on any atom is -0.392 e. The number of nitrogens with zero attached hydrogens (tertiary/aromatic N) is 2. The molecule has 2 heterocycles. The Morgan fingerprint density at radius 1 is 1.20 bits per heavy atom. The molecule has 1 amide bonds. The van der Waals surface area contributed by atoms with E-state index in [4.69, 9.17) is 0 Å². The average molecular weight is 409 g/mol. The van der Waals surface area contributed by atoms with Crippen LogP contribution in [-0.2, 0) is 19.4 Å². The summed E-state index contributed by atoms with van der Waals surface area (Å²) >= 11 is 0. The van der Waals surface area contributed by atoms with E-state index >= 15 is 0 Å². The highest BCUT2D eigenvalue weighted by Gasteiger charge is 2.26. The van der Waals surface area contributed by atoms with Crippen LogP contribution < -0.4 is 10.6 Å². The number of rotatable bonds is 7. The number of anilines is 1. The zero-order chi connectivity index (χ0) is 20.9. The van der Waals surface area contributed by atoms with Gasteiger partial charge in [-0.15, -0.1) is 0 Å². The molecule has 2 aliphatic rings. The van der Waals surface area contributed by atoms with E-state index in [0.717, 1.165) is 31.0 Å². The van der Waals surface area contributed by atoms with Gasteiger partial charge in [0.15, 0.2) is 0 Å². The van der Waals surface area contributed by atoms with Gasteiger partial charge in [0, 0.05) is 38.4 Å². The topological polar surface area (TPSA) is 77.5 Å². The molecule has 1 aromatic heterocycles. The first-order chi connectivity index (χ1) is 14.6. The Morgan fingerprint density at radius 3 is 2.67 bits per heavy atom. The van der Waals surface area contributed by atoms with Gasteiger partial charge >= 0.3 is 0 Å². The third kappa shape index (κ3) is 5.18. The number of benzene rings is 1. The van der Waals surface area contributed by atoms with Crippen molar-refractivity contribution >= 4 is 11.7 Å². The van der Waals surface area contributed by atoms with Crippen molar-refractivity contribution in [1.29, 1.82) is 0 Å². The summed E-state index contributed by atoms with van der Waals surface area (Å²) < 4.78 is 0. The first kappa shape index (κ1) is 20.8. The highest BCUT2D eigenvalue weighted by molar-refractivity contribution is 5.94. The van der Waals surface area contributed by atoms with E-state index in [9.17, 15) is 9.90 Å². The molecule has 2 aromatic rings. The Bertz CT molecular complexity index is 862. The van der Waals surface area contributed by atoms with E-state index in [0.29, 0.717) is 24.5 Å². The standard InChI is InChI=1S/C24H32N4O2/c1-17(29)14-25-23-8-7-21(16-26-23)24(30)27-15-18-5-6-19-9-11-28(22-3-2-4-22)12-10-20(19)13-18/h5-8,13,16-17,22,29H,2-4,9-12,14-15H2,1H3,(H,25,26)(H,27,30)/t17-/m0/s1. The van der Waals surface area contributed by atoms with Crippen LogP contribution in [0.2, 0.25) is 0 Å². The number of carbonyl (C=O) groups is 1. The van der Waals surface area contributed by atoms with Gasteiger partial charge in [0.2, 0.25) is 0 Å². The summed E-state index contributed by atoms with van der Waals surface area (Å²) in [5.74, 6) is 0.518. The van der Waals surface area contributed by atoms with Crippen LogP contribution in [-0.4, -0.2) is 52.7 Å². The van der Waals surface area contributed by atoms with E-state index in [2.05, 4.69) is 38.7 Å². The number of pyridine rings is 1. The zero-order valence-electron chi connectivity index (χ0n) is 17.7. The fourth-order valence-electron chi connectivity index (χ4n) is 4.19. The number of nitrogens with one attached hydrogen (secondary N) is 2. The fourth-order valence-corrected chi connectivity index (χ4v) is 4.19. The SMILES string of the molecule is C[C@H](O)CNc1ccc(C(=O)NCc2ccc3c(c2)CCN(C2CCC2)CC3)cn1. The lowest BCUT2D eigenvalue weighted by molar-refractivity contribution is 0.0950. The van der Waals surface area contributed by atoms with Gasteiger partial charge in [-0.25, -0.2) is 4.98 Å². The molecule has 0 radical (unpaired) electrons. The maximum absolute atomic E-state index is 12.5.